The molecule has 2 amide bonds. The van der Waals surface area contributed by atoms with E-state index in [1.54, 1.807) is 19.9 Å². The maximum absolute atomic E-state index is 11.9. The van der Waals surface area contributed by atoms with Gasteiger partial charge < -0.3 is 15.7 Å². The number of aryl methyl sites for hydroxylation is 2. The fourth-order valence-corrected chi connectivity index (χ4v) is 1.65. The lowest BCUT2D eigenvalue weighted by atomic mass is 10.4. The topological polar surface area (TPSA) is 119 Å². The van der Waals surface area contributed by atoms with Crippen molar-refractivity contribution in [3.8, 4) is 0 Å². The second-order valence-electron chi connectivity index (χ2n) is 4.19. The molecule has 0 atom stereocenters. The van der Waals surface area contributed by atoms with Crippen molar-refractivity contribution in [2.45, 2.75) is 20.4 Å². The Labute approximate surface area is 109 Å². The van der Waals surface area contributed by atoms with Crippen molar-refractivity contribution in [1.82, 2.24) is 14.7 Å². The molecule has 1 aromatic rings. The zero-order valence-electron chi connectivity index (χ0n) is 10.8. The molecule has 0 bridgehead atoms. The third kappa shape index (κ3) is 4.41. The van der Waals surface area contributed by atoms with Crippen LogP contribution in [-0.2, 0) is 20.9 Å². The van der Waals surface area contributed by atoms with Gasteiger partial charge in [0.05, 0.1) is 12.2 Å². The lowest BCUT2D eigenvalue weighted by Gasteiger charge is -2.19. The number of carboxylic acid groups (broad SMARTS) is 1. The van der Waals surface area contributed by atoms with E-state index in [4.69, 9.17) is 10.8 Å². The molecule has 3 N–H and O–H groups in total. The first-order valence-electron chi connectivity index (χ1n) is 5.58. The van der Waals surface area contributed by atoms with E-state index in [1.165, 1.54) is 4.68 Å². The number of amides is 2. The quantitative estimate of drug-likeness (QED) is 0.678. The molecule has 0 aliphatic heterocycles. The average molecular weight is 268 g/mol. The maximum atomic E-state index is 11.9. The van der Waals surface area contributed by atoms with Crippen LogP contribution in [0.5, 0.6) is 0 Å². The van der Waals surface area contributed by atoms with E-state index in [9.17, 15) is 14.4 Å². The van der Waals surface area contributed by atoms with E-state index in [2.05, 4.69) is 5.10 Å². The summed E-state index contributed by atoms with van der Waals surface area (Å²) in [6.45, 7) is 2.45. The fourth-order valence-electron chi connectivity index (χ4n) is 1.65. The molecule has 19 heavy (non-hydrogen) atoms. The van der Waals surface area contributed by atoms with Crippen molar-refractivity contribution in [3.63, 3.8) is 0 Å². The Morgan fingerprint density at radius 3 is 2.42 bits per heavy atom. The van der Waals surface area contributed by atoms with Gasteiger partial charge in [-0.15, -0.1) is 0 Å². The highest BCUT2D eigenvalue weighted by molar-refractivity contribution is 5.86. The highest BCUT2D eigenvalue weighted by Crippen LogP contribution is 2.03. The lowest BCUT2D eigenvalue weighted by molar-refractivity contribution is -0.146. The number of nitrogens with zero attached hydrogens (tertiary/aromatic N) is 3. The van der Waals surface area contributed by atoms with Crippen molar-refractivity contribution in [2.24, 2.45) is 5.73 Å². The Kier molecular flexibility index (Phi) is 4.62. The number of hydrogen-bond acceptors (Lipinski definition) is 4. The molecule has 8 nitrogen and oxygen atoms in total. The molecule has 0 aliphatic rings. The normalized spacial score (nSPS) is 10.2. The summed E-state index contributed by atoms with van der Waals surface area (Å²) in [6, 6.07) is 1.79. The van der Waals surface area contributed by atoms with Crippen LogP contribution in [0.3, 0.4) is 0 Å². The number of carbonyl (C=O) groups is 3. The van der Waals surface area contributed by atoms with E-state index >= 15 is 0 Å². The van der Waals surface area contributed by atoms with Crippen LogP contribution in [-0.4, -0.2) is 50.7 Å². The van der Waals surface area contributed by atoms with Crippen molar-refractivity contribution >= 4 is 17.8 Å². The zero-order valence-corrected chi connectivity index (χ0v) is 10.8. The van der Waals surface area contributed by atoms with Crippen molar-refractivity contribution in [2.75, 3.05) is 13.1 Å². The number of rotatable bonds is 6. The molecule has 0 unspecified atom stereocenters. The molecule has 0 fully saturated rings. The largest absolute Gasteiger partial charge is 0.480 e. The number of primary amides is 1. The van der Waals surface area contributed by atoms with Gasteiger partial charge in [-0.25, -0.2) is 0 Å². The summed E-state index contributed by atoms with van der Waals surface area (Å²) in [5, 5.41) is 12.8. The maximum Gasteiger partial charge on any atom is 0.323 e. The molecule has 0 aromatic carbocycles. The molecular formula is C11H16N4O4. The highest BCUT2D eigenvalue weighted by Gasteiger charge is 2.19. The van der Waals surface area contributed by atoms with Crippen LogP contribution in [0, 0.1) is 13.8 Å². The van der Waals surface area contributed by atoms with E-state index in [-0.39, 0.29) is 6.54 Å². The minimum atomic E-state index is -1.21. The van der Waals surface area contributed by atoms with E-state index in [0.717, 1.165) is 16.3 Å². The van der Waals surface area contributed by atoms with Gasteiger partial charge in [-0.1, -0.05) is 0 Å². The SMILES string of the molecule is Cc1cc(C)n(CC(=O)N(CC(N)=O)CC(=O)O)n1. The predicted octanol–water partition coefficient (Wildman–Crippen LogP) is -1.10. The van der Waals surface area contributed by atoms with Gasteiger partial charge in [0.2, 0.25) is 11.8 Å². The number of hydrogen-bond donors (Lipinski definition) is 2. The van der Waals surface area contributed by atoms with E-state index in [1.807, 2.05) is 0 Å². The molecule has 104 valence electrons. The smallest absolute Gasteiger partial charge is 0.323 e. The van der Waals surface area contributed by atoms with Gasteiger partial charge in [-0.3, -0.25) is 19.1 Å². The Morgan fingerprint density at radius 2 is 2.00 bits per heavy atom. The zero-order chi connectivity index (χ0) is 14.6. The van der Waals surface area contributed by atoms with Crippen molar-refractivity contribution in [1.29, 1.82) is 0 Å². The van der Waals surface area contributed by atoms with Crippen LogP contribution in [0.25, 0.3) is 0 Å². The number of carbonyl (C=O) groups excluding carboxylic acids is 2. The molecule has 1 heterocycles. The van der Waals surface area contributed by atoms with Crippen molar-refractivity contribution < 1.29 is 19.5 Å². The first-order valence-corrected chi connectivity index (χ1v) is 5.58. The predicted molar refractivity (Wildman–Crippen MR) is 65.1 cm³/mol. The molecule has 0 spiro atoms. The van der Waals surface area contributed by atoms with Gasteiger partial charge in [0.15, 0.2) is 0 Å². The Balaban J connectivity index is 2.78. The molecule has 0 radical (unpaired) electrons. The van der Waals surface area contributed by atoms with Crippen LogP contribution in [0.2, 0.25) is 0 Å². The average Bonchev–Trinajstić information content (AvgIpc) is 2.55. The van der Waals surface area contributed by atoms with Gasteiger partial charge in [0, 0.05) is 5.69 Å². The minimum Gasteiger partial charge on any atom is -0.480 e. The number of aliphatic carboxylic acids is 1. The lowest BCUT2D eigenvalue weighted by Crippen LogP contribution is -2.43. The Bertz CT molecular complexity index is 493. The first kappa shape index (κ1) is 14.7. The third-order valence-corrected chi connectivity index (χ3v) is 2.41. The van der Waals surface area contributed by atoms with E-state index in [0.29, 0.717) is 0 Å². The molecule has 0 saturated heterocycles. The Hall–Kier alpha value is -2.38. The molecule has 0 aliphatic carbocycles. The van der Waals surface area contributed by atoms with Gasteiger partial charge in [-0.2, -0.15) is 5.10 Å². The minimum absolute atomic E-state index is 0.125. The summed E-state index contributed by atoms with van der Waals surface area (Å²) in [4.78, 5) is 34.3. The van der Waals surface area contributed by atoms with Crippen LogP contribution >= 0.6 is 0 Å². The summed E-state index contributed by atoms with van der Waals surface area (Å²) in [7, 11) is 0. The second-order valence-corrected chi connectivity index (χ2v) is 4.19. The Morgan fingerprint density at radius 1 is 1.37 bits per heavy atom. The van der Waals surface area contributed by atoms with Gasteiger partial charge >= 0.3 is 5.97 Å². The standard InChI is InChI=1S/C11H16N4O4/c1-7-3-8(2)15(13-7)5-10(17)14(4-9(12)16)6-11(18)19/h3H,4-6H2,1-2H3,(H2,12,16)(H,18,19). The molecule has 8 heteroatoms. The van der Waals surface area contributed by atoms with Crippen LogP contribution in [0.15, 0.2) is 6.07 Å². The van der Waals surface area contributed by atoms with Crippen molar-refractivity contribution in [3.05, 3.63) is 17.5 Å². The number of carboxylic acids is 1. The fraction of sp³-hybridized carbons (Fsp3) is 0.455. The highest BCUT2D eigenvalue weighted by atomic mass is 16.4. The van der Waals surface area contributed by atoms with Gasteiger partial charge in [0.1, 0.15) is 13.1 Å². The summed E-state index contributed by atoms with van der Waals surface area (Å²) in [5.74, 6) is -2.49. The molecular weight excluding hydrogens is 252 g/mol. The van der Waals surface area contributed by atoms with Crippen LogP contribution in [0.1, 0.15) is 11.4 Å². The van der Waals surface area contributed by atoms with Gasteiger partial charge in [-0.05, 0) is 19.9 Å². The second kappa shape index (κ2) is 5.98. The summed E-state index contributed by atoms with van der Waals surface area (Å²) in [5.41, 5.74) is 6.52. The van der Waals surface area contributed by atoms with Crippen LogP contribution in [0.4, 0.5) is 0 Å². The number of nitrogens with two attached hydrogens (primary N) is 1. The van der Waals surface area contributed by atoms with Gasteiger partial charge in [0.25, 0.3) is 0 Å². The summed E-state index contributed by atoms with van der Waals surface area (Å²) < 4.78 is 1.45. The molecule has 1 rings (SSSR count). The first-order chi connectivity index (χ1) is 8.79. The summed E-state index contributed by atoms with van der Waals surface area (Å²) in [6.07, 6.45) is 0. The number of aromatic nitrogens is 2. The monoisotopic (exact) mass is 268 g/mol. The third-order valence-electron chi connectivity index (χ3n) is 2.41. The van der Waals surface area contributed by atoms with Crippen LogP contribution < -0.4 is 5.73 Å². The summed E-state index contributed by atoms with van der Waals surface area (Å²) >= 11 is 0. The molecule has 0 saturated carbocycles. The molecule has 1 aromatic heterocycles. The van der Waals surface area contributed by atoms with E-state index < -0.39 is 30.9 Å².